The fraction of sp³-hybridized carbons (Fsp3) is 0.389. The summed E-state index contributed by atoms with van der Waals surface area (Å²) in [5, 5.41) is 4.07. The highest BCUT2D eigenvalue weighted by Gasteiger charge is 2.21. The zero-order valence-electron chi connectivity index (χ0n) is 14.1. The Morgan fingerprint density at radius 1 is 1.20 bits per heavy atom. The maximum atomic E-state index is 12.6. The van der Waals surface area contributed by atoms with Gasteiger partial charge in [0.15, 0.2) is 0 Å². The van der Waals surface area contributed by atoms with Gasteiger partial charge in [0.1, 0.15) is 11.5 Å². The number of pyridine rings is 1. The molecule has 0 aliphatic heterocycles. The lowest BCUT2D eigenvalue weighted by molar-refractivity contribution is 0.515. The molecule has 3 heterocycles. The van der Waals surface area contributed by atoms with E-state index in [-0.39, 0.29) is 11.6 Å². The third-order valence-electron chi connectivity index (χ3n) is 4.71. The Labute approximate surface area is 145 Å². The molecule has 3 aromatic heterocycles. The lowest BCUT2D eigenvalue weighted by atomic mass is 10.1. The first-order valence-corrected chi connectivity index (χ1v) is 8.61. The number of aryl methyl sites for hydroxylation is 1. The molecule has 0 unspecified atom stereocenters. The van der Waals surface area contributed by atoms with Crippen LogP contribution in [0.5, 0.6) is 0 Å². The van der Waals surface area contributed by atoms with Crippen LogP contribution < -0.4 is 10.9 Å². The van der Waals surface area contributed by atoms with Gasteiger partial charge in [-0.1, -0.05) is 12.8 Å². The van der Waals surface area contributed by atoms with Gasteiger partial charge in [-0.15, -0.1) is 0 Å². The molecule has 1 fully saturated rings. The number of hydrogen-bond donors (Lipinski definition) is 1. The first-order chi connectivity index (χ1) is 12.2. The molecule has 7 heteroatoms. The molecule has 7 nitrogen and oxygen atoms in total. The summed E-state index contributed by atoms with van der Waals surface area (Å²) in [5.41, 5.74) is 1.64. The van der Waals surface area contributed by atoms with Crippen LogP contribution in [-0.2, 0) is 6.54 Å². The highest BCUT2D eigenvalue weighted by molar-refractivity contribution is 5.79. The highest BCUT2D eigenvalue weighted by Crippen LogP contribution is 2.30. The van der Waals surface area contributed by atoms with Crippen LogP contribution in [0.4, 0.5) is 5.95 Å². The van der Waals surface area contributed by atoms with Gasteiger partial charge in [-0.25, -0.2) is 15.0 Å². The summed E-state index contributed by atoms with van der Waals surface area (Å²) in [4.78, 5) is 30.0. The van der Waals surface area contributed by atoms with E-state index in [4.69, 9.17) is 0 Å². The van der Waals surface area contributed by atoms with Gasteiger partial charge in [0.2, 0.25) is 5.95 Å². The van der Waals surface area contributed by atoms with Crippen molar-refractivity contribution in [1.82, 2.24) is 24.5 Å². The molecular formula is C18H20N6O. The molecule has 0 atom stereocenters. The fourth-order valence-corrected chi connectivity index (χ4v) is 3.45. The van der Waals surface area contributed by atoms with Crippen molar-refractivity contribution in [3.63, 3.8) is 0 Å². The molecule has 4 rings (SSSR count). The van der Waals surface area contributed by atoms with Crippen LogP contribution in [0.2, 0.25) is 0 Å². The van der Waals surface area contributed by atoms with Crippen LogP contribution in [0.15, 0.2) is 35.5 Å². The molecule has 0 spiro atoms. The summed E-state index contributed by atoms with van der Waals surface area (Å²) in [7, 11) is 0. The molecule has 3 aromatic rings. The number of fused-ring (bicyclic) bond motifs is 1. The molecule has 0 aromatic carbocycles. The Bertz CT molecular complexity index is 947. The Kier molecular flexibility index (Phi) is 4.13. The van der Waals surface area contributed by atoms with E-state index in [9.17, 15) is 4.79 Å². The third-order valence-corrected chi connectivity index (χ3v) is 4.71. The average Bonchev–Trinajstić information content (AvgIpc) is 3.15. The quantitative estimate of drug-likeness (QED) is 0.788. The maximum Gasteiger partial charge on any atom is 0.252 e. The van der Waals surface area contributed by atoms with Crippen molar-refractivity contribution >= 4 is 17.0 Å². The predicted molar refractivity (Wildman–Crippen MR) is 95.4 cm³/mol. The van der Waals surface area contributed by atoms with Crippen LogP contribution in [0.3, 0.4) is 0 Å². The van der Waals surface area contributed by atoms with Gasteiger partial charge in [0.25, 0.3) is 5.56 Å². The minimum Gasteiger partial charge on any atom is -0.347 e. The van der Waals surface area contributed by atoms with E-state index in [1.54, 1.807) is 30.7 Å². The van der Waals surface area contributed by atoms with Gasteiger partial charge in [-0.05, 0) is 31.4 Å². The smallest absolute Gasteiger partial charge is 0.252 e. The molecule has 0 saturated heterocycles. The monoisotopic (exact) mass is 336 g/mol. The Morgan fingerprint density at radius 3 is 2.72 bits per heavy atom. The van der Waals surface area contributed by atoms with E-state index in [0.29, 0.717) is 24.0 Å². The SMILES string of the molecule is Cc1cc(=O)n(C2CCCC2)c2nc(NCc3ncccn3)ncc12. The average molecular weight is 336 g/mol. The largest absolute Gasteiger partial charge is 0.347 e. The molecule has 0 amide bonds. The number of nitrogens with zero attached hydrogens (tertiary/aromatic N) is 5. The molecule has 1 aliphatic rings. The number of aromatic nitrogens is 5. The normalized spacial score (nSPS) is 14.9. The summed E-state index contributed by atoms with van der Waals surface area (Å²) in [6.07, 6.45) is 9.57. The Hall–Kier alpha value is -2.83. The van der Waals surface area contributed by atoms with Gasteiger partial charge in [-0.2, -0.15) is 4.98 Å². The standard InChI is InChI=1S/C18H20N6O/c1-12-9-16(25)24(13-5-2-3-6-13)17-14(12)10-21-18(23-17)22-11-15-19-7-4-8-20-15/h4,7-10,13H,2-3,5-6,11H2,1H3,(H,21,22,23). The number of nitrogens with one attached hydrogen (secondary N) is 1. The van der Waals surface area contributed by atoms with Crippen molar-refractivity contribution in [2.24, 2.45) is 0 Å². The predicted octanol–water partition coefficient (Wildman–Crippen LogP) is 2.62. The number of hydrogen-bond acceptors (Lipinski definition) is 6. The third kappa shape index (κ3) is 3.09. The van der Waals surface area contributed by atoms with Crippen molar-refractivity contribution in [3.8, 4) is 0 Å². The molecule has 0 bridgehead atoms. The zero-order chi connectivity index (χ0) is 17.2. The minimum atomic E-state index is 0.0212. The molecule has 1 N–H and O–H groups in total. The van der Waals surface area contributed by atoms with Crippen LogP contribution in [-0.4, -0.2) is 24.5 Å². The first-order valence-electron chi connectivity index (χ1n) is 8.61. The van der Waals surface area contributed by atoms with E-state index in [2.05, 4.69) is 25.3 Å². The van der Waals surface area contributed by atoms with Gasteiger partial charge < -0.3 is 5.32 Å². The summed E-state index contributed by atoms with van der Waals surface area (Å²) in [5.74, 6) is 1.15. The number of rotatable bonds is 4. The summed E-state index contributed by atoms with van der Waals surface area (Å²) < 4.78 is 1.85. The van der Waals surface area contributed by atoms with Crippen molar-refractivity contribution in [2.45, 2.75) is 45.2 Å². The molecule has 128 valence electrons. The summed E-state index contributed by atoms with van der Waals surface area (Å²) in [6, 6.07) is 3.70. The van der Waals surface area contributed by atoms with Crippen LogP contribution >= 0.6 is 0 Å². The van der Waals surface area contributed by atoms with Gasteiger partial charge >= 0.3 is 0 Å². The topological polar surface area (TPSA) is 85.6 Å². The van der Waals surface area contributed by atoms with E-state index >= 15 is 0 Å². The van der Waals surface area contributed by atoms with Crippen molar-refractivity contribution in [2.75, 3.05) is 5.32 Å². The summed E-state index contributed by atoms with van der Waals surface area (Å²) >= 11 is 0. The van der Waals surface area contributed by atoms with Crippen LogP contribution in [0, 0.1) is 6.92 Å². The molecule has 1 aliphatic carbocycles. The molecule has 1 saturated carbocycles. The highest BCUT2D eigenvalue weighted by atomic mass is 16.1. The second kappa shape index (κ2) is 6.58. The lowest BCUT2D eigenvalue weighted by Gasteiger charge is -2.17. The second-order valence-electron chi connectivity index (χ2n) is 6.42. The molecular weight excluding hydrogens is 316 g/mol. The molecule has 25 heavy (non-hydrogen) atoms. The zero-order valence-corrected chi connectivity index (χ0v) is 14.1. The number of anilines is 1. The van der Waals surface area contributed by atoms with Crippen LogP contribution in [0.25, 0.3) is 11.0 Å². The Balaban J connectivity index is 1.73. The van der Waals surface area contributed by atoms with Gasteiger partial charge in [0, 0.05) is 36.1 Å². The van der Waals surface area contributed by atoms with Gasteiger partial charge in [-0.3, -0.25) is 9.36 Å². The van der Waals surface area contributed by atoms with E-state index < -0.39 is 0 Å². The van der Waals surface area contributed by atoms with E-state index in [1.165, 1.54) is 0 Å². The van der Waals surface area contributed by atoms with Crippen molar-refractivity contribution < 1.29 is 0 Å². The summed E-state index contributed by atoms with van der Waals surface area (Å²) in [6.45, 7) is 2.36. The van der Waals surface area contributed by atoms with Crippen molar-refractivity contribution in [3.05, 3.63) is 52.5 Å². The minimum absolute atomic E-state index is 0.0212. The lowest BCUT2D eigenvalue weighted by Crippen LogP contribution is -2.24. The Morgan fingerprint density at radius 2 is 1.96 bits per heavy atom. The first kappa shape index (κ1) is 15.7. The van der Waals surface area contributed by atoms with E-state index in [1.807, 2.05) is 11.5 Å². The van der Waals surface area contributed by atoms with Crippen molar-refractivity contribution in [1.29, 1.82) is 0 Å². The van der Waals surface area contributed by atoms with Gasteiger partial charge in [0.05, 0.1) is 6.54 Å². The maximum absolute atomic E-state index is 12.6. The second-order valence-corrected chi connectivity index (χ2v) is 6.42. The molecule has 0 radical (unpaired) electrons. The fourth-order valence-electron chi connectivity index (χ4n) is 3.45. The van der Waals surface area contributed by atoms with Crippen LogP contribution in [0.1, 0.15) is 43.1 Å². The van der Waals surface area contributed by atoms with E-state index in [0.717, 1.165) is 36.6 Å².